The second kappa shape index (κ2) is 15.7. The summed E-state index contributed by atoms with van der Waals surface area (Å²) < 4.78 is 38.1. The fourth-order valence-corrected chi connectivity index (χ4v) is 8.58. The second-order valence-electron chi connectivity index (χ2n) is 12.8. The molecule has 1 fully saturated rings. The normalized spacial score (nSPS) is 25.6. The monoisotopic (exact) mass is 694 g/mol. The van der Waals surface area contributed by atoms with Crippen LogP contribution >= 0.6 is 11.6 Å². The van der Waals surface area contributed by atoms with Crippen LogP contribution < -0.4 is 14.4 Å². The number of allylic oxidation sites excluding steroid dienone is 1. The number of amides is 2. The predicted octanol–water partition coefficient (Wildman–Crippen LogP) is 6.71. The molecule has 0 spiro atoms. The number of anilines is 1. The van der Waals surface area contributed by atoms with Crippen LogP contribution in [0, 0.1) is 11.8 Å². The van der Waals surface area contributed by atoms with E-state index in [2.05, 4.69) is 37.4 Å². The van der Waals surface area contributed by atoms with Gasteiger partial charge in [-0.15, -0.1) is 4.36 Å². The zero-order valence-corrected chi connectivity index (χ0v) is 28.8. The van der Waals surface area contributed by atoms with E-state index < -0.39 is 21.7 Å². The van der Waals surface area contributed by atoms with Gasteiger partial charge in [0.15, 0.2) is 0 Å². The van der Waals surface area contributed by atoms with E-state index in [4.69, 9.17) is 25.6 Å². The molecule has 1 aromatic heterocycles. The van der Waals surface area contributed by atoms with Gasteiger partial charge in [0.1, 0.15) is 21.9 Å². The van der Waals surface area contributed by atoms with Crippen molar-refractivity contribution in [2.75, 3.05) is 30.9 Å². The van der Waals surface area contributed by atoms with E-state index in [1.165, 1.54) is 17.4 Å². The van der Waals surface area contributed by atoms with Crippen molar-refractivity contribution < 1.29 is 27.8 Å². The zero-order chi connectivity index (χ0) is 33.5. The lowest BCUT2D eigenvalue weighted by atomic mass is 9.70. The smallest absolute Gasteiger partial charge is 0.286 e. The van der Waals surface area contributed by atoms with Crippen LogP contribution in [0.15, 0.2) is 69.8 Å². The van der Waals surface area contributed by atoms with E-state index in [9.17, 15) is 13.8 Å². The minimum absolute atomic E-state index is 0.0298. The maximum absolute atomic E-state index is 14.2. The van der Waals surface area contributed by atoms with Crippen LogP contribution in [0.3, 0.4) is 0 Å². The van der Waals surface area contributed by atoms with Crippen molar-refractivity contribution in [2.24, 2.45) is 16.2 Å². The van der Waals surface area contributed by atoms with Gasteiger partial charge in [-0.25, -0.2) is 4.21 Å². The van der Waals surface area contributed by atoms with Crippen molar-refractivity contribution in [3.63, 3.8) is 0 Å². The van der Waals surface area contributed by atoms with Crippen LogP contribution in [-0.4, -0.2) is 53.3 Å². The van der Waals surface area contributed by atoms with Crippen molar-refractivity contribution in [1.82, 2.24) is 9.88 Å². The molecule has 3 heterocycles. The number of aromatic nitrogens is 1. The number of nitrogens with zero attached hydrogens (tertiary/aromatic N) is 3. The Kier molecular flexibility index (Phi) is 11.2. The summed E-state index contributed by atoms with van der Waals surface area (Å²) in [7, 11) is -1.68. The van der Waals surface area contributed by atoms with Gasteiger partial charge >= 0.3 is 0 Å². The third-order valence-electron chi connectivity index (χ3n) is 9.52. The van der Waals surface area contributed by atoms with Crippen molar-refractivity contribution in [3.05, 3.63) is 88.3 Å². The highest BCUT2D eigenvalue weighted by Crippen LogP contribution is 2.42. The summed E-state index contributed by atoms with van der Waals surface area (Å²) in [6, 6.07) is 13.0. The van der Waals surface area contributed by atoms with Gasteiger partial charge in [0, 0.05) is 49.7 Å². The third-order valence-corrected chi connectivity index (χ3v) is 11.6. The molecule has 2 aromatic carbocycles. The number of carbonyl (C=O) groups excluding carboxylic acids is 2. The molecule has 6 rings (SSSR count). The molecule has 12 heteroatoms. The highest BCUT2D eigenvalue weighted by molar-refractivity contribution is 7.92. The molecule has 2 aliphatic heterocycles. The summed E-state index contributed by atoms with van der Waals surface area (Å²) >= 11 is 6.44. The van der Waals surface area contributed by atoms with E-state index >= 15 is 0 Å². The lowest BCUT2D eigenvalue weighted by Crippen LogP contribution is -2.43. The van der Waals surface area contributed by atoms with Gasteiger partial charge in [0.25, 0.3) is 5.91 Å². The first-order valence-electron chi connectivity index (χ1n) is 16.8. The summed E-state index contributed by atoms with van der Waals surface area (Å²) in [5.41, 5.74) is 4.06. The number of hydrogen-bond acceptors (Lipinski definition) is 8. The minimum atomic E-state index is -3.43. The lowest BCUT2D eigenvalue weighted by Gasteiger charge is -2.43. The van der Waals surface area contributed by atoms with E-state index in [-0.39, 0.29) is 23.8 Å². The van der Waals surface area contributed by atoms with Crippen molar-refractivity contribution >= 4 is 39.0 Å². The Morgan fingerprint density at radius 2 is 2.02 bits per heavy atom. The van der Waals surface area contributed by atoms with Crippen molar-refractivity contribution in [1.29, 1.82) is 0 Å². The van der Waals surface area contributed by atoms with E-state index in [1.807, 2.05) is 18.2 Å². The summed E-state index contributed by atoms with van der Waals surface area (Å²) in [6.45, 7) is 1.88. The summed E-state index contributed by atoms with van der Waals surface area (Å²) in [5, 5.41) is 4.55. The second-order valence-corrected chi connectivity index (χ2v) is 15.3. The van der Waals surface area contributed by atoms with Gasteiger partial charge in [-0.05, 0) is 98.2 Å². The Morgan fingerprint density at radius 1 is 1.12 bits per heavy atom. The molecule has 4 atom stereocenters. The highest BCUT2D eigenvalue weighted by Gasteiger charge is 2.38. The number of ether oxygens (including phenoxy) is 2. The summed E-state index contributed by atoms with van der Waals surface area (Å²) in [4.78, 5) is 29.0. The highest BCUT2D eigenvalue weighted by atomic mass is 35.5. The lowest BCUT2D eigenvalue weighted by molar-refractivity contribution is -0.119. The molecular formula is C36H43ClN4O6S. The molecule has 256 valence electrons. The molecule has 10 nitrogen and oxygen atoms in total. The molecule has 3 aromatic rings. The summed E-state index contributed by atoms with van der Waals surface area (Å²) in [6.07, 6.45) is 11.8. The van der Waals surface area contributed by atoms with Gasteiger partial charge in [-0.3, -0.25) is 14.3 Å². The van der Waals surface area contributed by atoms with E-state index in [0.717, 1.165) is 44.3 Å². The number of rotatable bonds is 5. The molecule has 1 N–H and O–H groups in total. The van der Waals surface area contributed by atoms with Gasteiger partial charge in [-0.2, -0.15) is 0 Å². The molecular weight excluding hydrogens is 652 g/mol. The fraction of sp³-hybridized carbons (Fsp3) is 0.472. The van der Waals surface area contributed by atoms with Gasteiger partial charge < -0.3 is 18.9 Å². The SMILES string of the molecule is CO[C@H]1/C=C/CCCS(=O)(NC(=O)CCc2ccon2)=NC(=O)c2ccc3c(c2)N(Cc2ccc(Cl)cc2CCCCO3)C[C@@H]2CC[C@H]21. The Balaban J connectivity index is 1.39. The maximum Gasteiger partial charge on any atom is 0.286 e. The standard InChI is InChI=1S/C36H43ClN4O6S/c1-45-33-8-3-2-6-20-48(44,39-35(42)16-13-30-17-19-47-38-30)40-36(43)26-11-15-34-32(22-26)41(24-28-10-14-31(28)33)23-27-9-12-29(37)21-25(27)7-4-5-18-46-34/h3,8-9,11-12,15,17,19,21-22,28,31,33H,2,4-7,10,13-14,16,18,20,23-24H2,1H3,(H,39,40,42,43,44)/b8-3+/t28-,31+,33-,48?/m0/s1. The van der Waals surface area contributed by atoms with Crippen LogP contribution in [0.4, 0.5) is 5.69 Å². The topological polar surface area (TPSA) is 123 Å². The molecule has 3 aliphatic rings. The Morgan fingerprint density at radius 3 is 2.81 bits per heavy atom. The van der Waals surface area contributed by atoms with Crippen molar-refractivity contribution in [2.45, 2.75) is 70.4 Å². The Hall–Kier alpha value is -3.67. The first-order valence-corrected chi connectivity index (χ1v) is 18.8. The molecule has 48 heavy (non-hydrogen) atoms. The largest absolute Gasteiger partial charge is 0.491 e. The first kappa shape index (κ1) is 34.2. The number of nitrogens with one attached hydrogen (secondary N) is 1. The fourth-order valence-electron chi connectivity index (χ4n) is 6.76. The molecule has 0 radical (unpaired) electrons. The molecule has 1 aliphatic carbocycles. The first-order chi connectivity index (χ1) is 23.3. The zero-order valence-electron chi connectivity index (χ0n) is 27.3. The van der Waals surface area contributed by atoms with Crippen LogP contribution in [0.25, 0.3) is 0 Å². The average Bonchev–Trinajstić information content (AvgIpc) is 3.57. The number of aryl methyl sites for hydroxylation is 2. The Bertz CT molecular complexity index is 1750. The minimum Gasteiger partial charge on any atom is -0.491 e. The molecule has 1 unspecified atom stereocenters. The van der Waals surface area contributed by atoms with Crippen LogP contribution in [0.5, 0.6) is 5.75 Å². The maximum atomic E-state index is 14.2. The predicted molar refractivity (Wildman–Crippen MR) is 185 cm³/mol. The molecule has 2 bridgehead atoms. The average molecular weight is 695 g/mol. The van der Waals surface area contributed by atoms with Crippen LogP contribution in [0.2, 0.25) is 5.02 Å². The van der Waals surface area contributed by atoms with Crippen LogP contribution in [-0.2, 0) is 38.8 Å². The van der Waals surface area contributed by atoms with Gasteiger partial charge in [0.2, 0.25) is 5.91 Å². The van der Waals surface area contributed by atoms with Gasteiger partial charge in [-0.1, -0.05) is 35.0 Å². The number of methoxy groups -OCH3 is 1. The molecule has 2 amide bonds. The number of benzene rings is 2. The van der Waals surface area contributed by atoms with E-state index in [0.29, 0.717) is 60.7 Å². The van der Waals surface area contributed by atoms with Crippen molar-refractivity contribution in [3.8, 4) is 5.75 Å². The van der Waals surface area contributed by atoms with E-state index in [1.54, 1.807) is 25.3 Å². The number of fused-ring (bicyclic) bond motifs is 3. The number of halogens is 1. The molecule has 0 saturated heterocycles. The Labute approximate surface area is 287 Å². The number of hydrogen-bond donors (Lipinski definition) is 1. The number of carbonyl (C=O) groups is 2. The van der Waals surface area contributed by atoms with Gasteiger partial charge in [0.05, 0.1) is 29.8 Å². The summed E-state index contributed by atoms with van der Waals surface area (Å²) in [5.74, 6) is 0.300. The van der Waals surface area contributed by atoms with Crippen LogP contribution in [0.1, 0.15) is 72.1 Å². The third kappa shape index (κ3) is 8.48. The quantitative estimate of drug-likeness (QED) is 0.292. The molecule has 1 saturated carbocycles.